The fourth-order valence-electron chi connectivity index (χ4n) is 3.90. The zero-order valence-electron chi connectivity index (χ0n) is 16.0. The van der Waals surface area contributed by atoms with E-state index in [0.717, 1.165) is 19.3 Å². The van der Waals surface area contributed by atoms with Crippen LogP contribution in [0.4, 0.5) is 4.79 Å². The average molecular weight is 339 g/mol. The predicted octanol–water partition coefficient (Wildman–Crippen LogP) is 3.86. The number of carbonyl (C=O) groups is 2. The van der Waals surface area contributed by atoms with Gasteiger partial charge in [0, 0.05) is 12.6 Å². The van der Waals surface area contributed by atoms with Gasteiger partial charge >= 0.3 is 12.1 Å². The fraction of sp³-hybridized carbons (Fsp3) is 0.895. The standard InChI is InChI=1S/C19H33NO4/c1-7-23-17(21)16-13-8-9-14(15(13)16)20(11-10-12(2)3)18(22)24-19(4,5)6/h12-16H,7-11H2,1-6H3/t13-,14+,15-,16+/m1/s1. The van der Waals surface area contributed by atoms with Gasteiger partial charge in [-0.2, -0.15) is 0 Å². The summed E-state index contributed by atoms with van der Waals surface area (Å²) in [6, 6.07) is 0.109. The number of ether oxygens (including phenoxy) is 2. The monoisotopic (exact) mass is 339 g/mol. The van der Waals surface area contributed by atoms with Crippen molar-refractivity contribution in [1.82, 2.24) is 4.90 Å². The molecule has 0 radical (unpaired) electrons. The molecule has 4 atom stereocenters. The molecule has 24 heavy (non-hydrogen) atoms. The van der Waals surface area contributed by atoms with E-state index in [9.17, 15) is 9.59 Å². The molecule has 5 heteroatoms. The van der Waals surface area contributed by atoms with Crippen LogP contribution in [-0.4, -0.2) is 41.8 Å². The Bertz CT molecular complexity index is 468. The molecule has 2 aliphatic carbocycles. The third-order valence-electron chi connectivity index (χ3n) is 5.00. The van der Waals surface area contributed by atoms with Crippen molar-refractivity contribution in [3.63, 3.8) is 0 Å². The van der Waals surface area contributed by atoms with E-state index >= 15 is 0 Å². The van der Waals surface area contributed by atoms with E-state index in [-0.39, 0.29) is 29.9 Å². The maximum Gasteiger partial charge on any atom is 0.410 e. The van der Waals surface area contributed by atoms with Crippen LogP contribution < -0.4 is 0 Å². The average Bonchev–Trinajstić information content (AvgIpc) is 3.01. The highest BCUT2D eigenvalue weighted by molar-refractivity contribution is 5.77. The first kappa shape index (κ1) is 19.1. The SMILES string of the molecule is CCOC(=O)[C@H]1[C@@H]2CC[C@H](N(CCC(C)C)C(=O)OC(C)(C)C)[C@@H]21. The van der Waals surface area contributed by atoms with Crippen molar-refractivity contribution in [2.75, 3.05) is 13.2 Å². The molecular weight excluding hydrogens is 306 g/mol. The lowest BCUT2D eigenvalue weighted by molar-refractivity contribution is -0.145. The largest absolute Gasteiger partial charge is 0.466 e. The van der Waals surface area contributed by atoms with Crippen molar-refractivity contribution < 1.29 is 19.1 Å². The molecule has 2 aliphatic rings. The van der Waals surface area contributed by atoms with Crippen LogP contribution in [-0.2, 0) is 14.3 Å². The van der Waals surface area contributed by atoms with Gasteiger partial charge in [-0.05, 0) is 64.7 Å². The minimum absolute atomic E-state index is 0.0207. The van der Waals surface area contributed by atoms with Gasteiger partial charge in [0.05, 0.1) is 12.5 Å². The topological polar surface area (TPSA) is 55.8 Å². The Kier molecular flexibility index (Phi) is 5.82. The number of hydrogen-bond donors (Lipinski definition) is 0. The second-order valence-electron chi connectivity index (χ2n) is 8.52. The molecule has 2 fully saturated rings. The summed E-state index contributed by atoms with van der Waals surface area (Å²) in [6.45, 7) is 12.9. The van der Waals surface area contributed by atoms with E-state index in [1.165, 1.54) is 0 Å². The van der Waals surface area contributed by atoms with Crippen LogP contribution >= 0.6 is 0 Å². The Morgan fingerprint density at radius 2 is 1.88 bits per heavy atom. The molecule has 0 spiro atoms. The van der Waals surface area contributed by atoms with Crippen molar-refractivity contribution in [3.05, 3.63) is 0 Å². The van der Waals surface area contributed by atoms with Gasteiger partial charge in [-0.1, -0.05) is 13.8 Å². The lowest BCUT2D eigenvalue weighted by Crippen LogP contribution is -2.45. The zero-order chi connectivity index (χ0) is 18.1. The van der Waals surface area contributed by atoms with Crippen LogP contribution in [0.25, 0.3) is 0 Å². The molecule has 0 N–H and O–H groups in total. The smallest absolute Gasteiger partial charge is 0.410 e. The van der Waals surface area contributed by atoms with E-state index in [1.54, 1.807) is 0 Å². The summed E-state index contributed by atoms with van der Waals surface area (Å²) in [5.41, 5.74) is -0.505. The number of amides is 1. The van der Waals surface area contributed by atoms with E-state index in [2.05, 4.69) is 13.8 Å². The van der Waals surface area contributed by atoms with Gasteiger partial charge < -0.3 is 14.4 Å². The van der Waals surface area contributed by atoms with Gasteiger partial charge in [-0.3, -0.25) is 4.79 Å². The molecule has 0 bridgehead atoms. The Morgan fingerprint density at radius 1 is 1.21 bits per heavy atom. The summed E-state index contributed by atoms with van der Waals surface area (Å²) >= 11 is 0. The lowest BCUT2D eigenvalue weighted by Gasteiger charge is -2.33. The summed E-state index contributed by atoms with van der Waals surface area (Å²) in [5.74, 6) is 1.05. The molecule has 2 saturated carbocycles. The van der Waals surface area contributed by atoms with Gasteiger partial charge in [-0.25, -0.2) is 4.79 Å². The van der Waals surface area contributed by atoms with E-state index in [1.807, 2.05) is 32.6 Å². The van der Waals surface area contributed by atoms with Gasteiger partial charge in [-0.15, -0.1) is 0 Å². The fourth-order valence-corrected chi connectivity index (χ4v) is 3.90. The Morgan fingerprint density at radius 3 is 2.42 bits per heavy atom. The summed E-state index contributed by atoms with van der Waals surface area (Å²) in [5, 5.41) is 0. The third-order valence-corrected chi connectivity index (χ3v) is 5.00. The van der Waals surface area contributed by atoms with Crippen LogP contribution in [0.3, 0.4) is 0 Å². The van der Waals surface area contributed by atoms with Crippen LogP contribution in [0.15, 0.2) is 0 Å². The van der Waals surface area contributed by atoms with Gasteiger partial charge in [0.2, 0.25) is 0 Å². The van der Waals surface area contributed by atoms with Crippen molar-refractivity contribution in [2.24, 2.45) is 23.7 Å². The normalized spacial score (nSPS) is 28.5. The molecule has 0 aromatic rings. The third kappa shape index (κ3) is 4.42. The first-order valence-corrected chi connectivity index (χ1v) is 9.32. The molecule has 1 amide bonds. The number of hydrogen-bond acceptors (Lipinski definition) is 4. The maximum absolute atomic E-state index is 12.7. The van der Waals surface area contributed by atoms with E-state index in [4.69, 9.17) is 9.47 Å². The van der Waals surface area contributed by atoms with Crippen LogP contribution in [0.5, 0.6) is 0 Å². The summed E-state index contributed by atoms with van der Waals surface area (Å²) in [7, 11) is 0. The number of rotatable bonds is 6. The number of esters is 1. The van der Waals surface area contributed by atoms with Crippen LogP contribution in [0, 0.1) is 23.7 Å². The summed E-state index contributed by atoms with van der Waals surface area (Å²) in [6.07, 6.45) is 2.66. The molecule has 0 aromatic heterocycles. The molecule has 0 unspecified atom stereocenters. The van der Waals surface area contributed by atoms with Crippen LogP contribution in [0.2, 0.25) is 0 Å². The minimum Gasteiger partial charge on any atom is -0.466 e. The number of fused-ring (bicyclic) bond motifs is 1. The van der Waals surface area contributed by atoms with Gasteiger partial charge in [0.15, 0.2) is 0 Å². The second kappa shape index (κ2) is 7.32. The first-order valence-electron chi connectivity index (χ1n) is 9.32. The predicted molar refractivity (Wildman–Crippen MR) is 92.5 cm³/mol. The first-order chi connectivity index (χ1) is 11.2. The molecule has 5 nitrogen and oxygen atoms in total. The summed E-state index contributed by atoms with van der Waals surface area (Å²) in [4.78, 5) is 26.7. The Hall–Kier alpha value is -1.26. The highest BCUT2D eigenvalue weighted by atomic mass is 16.6. The molecule has 0 aromatic carbocycles. The zero-order valence-corrected chi connectivity index (χ0v) is 16.0. The van der Waals surface area contributed by atoms with E-state index in [0.29, 0.717) is 25.0 Å². The molecule has 0 saturated heterocycles. The van der Waals surface area contributed by atoms with Gasteiger partial charge in [0.1, 0.15) is 5.60 Å². The van der Waals surface area contributed by atoms with Crippen LogP contribution in [0.1, 0.15) is 60.8 Å². The van der Waals surface area contributed by atoms with Gasteiger partial charge in [0.25, 0.3) is 0 Å². The molecule has 0 heterocycles. The van der Waals surface area contributed by atoms with Crippen molar-refractivity contribution in [2.45, 2.75) is 72.4 Å². The van der Waals surface area contributed by atoms with Crippen molar-refractivity contribution in [3.8, 4) is 0 Å². The number of nitrogens with zero attached hydrogens (tertiary/aromatic N) is 1. The minimum atomic E-state index is -0.505. The molecule has 0 aliphatic heterocycles. The second-order valence-corrected chi connectivity index (χ2v) is 8.52. The molecular formula is C19H33NO4. The molecule has 2 rings (SSSR count). The number of carbonyl (C=O) groups excluding carboxylic acids is 2. The highest BCUT2D eigenvalue weighted by Crippen LogP contribution is 2.59. The summed E-state index contributed by atoms with van der Waals surface area (Å²) < 4.78 is 10.8. The maximum atomic E-state index is 12.7. The highest BCUT2D eigenvalue weighted by Gasteiger charge is 2.64. The molecule has 138 valence electrons. The van der Waals surface area contributed by atoms with Crippen molar-refractivity contribution >= 4 is 12.1 Å². The quantitative estimate of drug-likeness (QED) is 0.690. The Balaban J connectivity index is 2.07. The van der Waals surface area contributed by atoms with Crippen molar-refractivity contribution in [1.29, 1.82) is 0 Å². The Labute approximate surface area is 146 Å². The van der Waals surface area contributed by atoms with E-state index < -0.39 is 5.60 Å². The lowest BCUT2D eigenvalue weighted by atomic mass is 10.0.